The van der Waals surface area contributed by atoms with Crippen molar-refractivity contribution in [3.63, 3.8) is 0 Å². The Hall–Kier alpha value is -4.57. The van der Waals surface area contributed by atoms with Gasteiger partial charge in [0.05, 0.1) is 19.8 Å². The third kappa shape index (κ3) is 6.35. The maximum absolute atomic E-state index is 15.0. The number of methoxy groups -OCH3 is 2. The third-order valence-corrected chi connectivity index (χ3v) is 6.57. The molecule has 1 N–H and O–H groups in total. The Kier molecular flexibility index (Phi) is 8.46. The number of halogens is 1. The molecule has 2 aromatic carbocycles. The van der Waals surface area contributed by atoms with E-state index in [0.29, 0.717) is 17.1 Å². The molecule has 1 unspecified atom stereocenters. The molecule has 9 nitrogen and oxygen atoms in total. The maximum atomic E-state index is 15.0. The molecule has 0 aliphatic heterocycles. The number of carbonyl (C=O) groups is 1. The zero-order valence-electron chi connectivity index (χ0n) is 22.3. The van der Waals surface area contributed by atoms with Crippen LogP contribution in [0, 0.1) is 5.82 Å². The van der Waals surface area contributed by atoms with Crippen molar-refractivity contribution in [2.24, 2.45) is 0 Å². The van der Waals surface area contributed by atoms with Gasteiger partial charge < -0.3 is 19.5 Å². The summed E-state index contributed by atoms with van der Waals surface area (Å²) in [5.74, 6) is 0.588. The normalized spacial score (nSPS) is 13.5. The molecule has 0 fully saturated rings. The molecule has 206 valence electrons. The van der Waals surface area contributed by atoms with Crippen molar-refractivity contribution in [2.75, 3.05) is 20.8 Å². The van der Waals surface area contributed by atoms with E-state index >= 15 is 0 Å². The zero-order chi connectivity index (χ0) is 27.9. The molecule has 4 aromatic rings. The van der Waals surface area contributed by atoms with Crippen molar-refractivity contribution in [3.8, 4) is 17.3 Å². The Balaban J connectivity index is 1.37. The number of nitrogens with zero attached hydrogens (tertiary/aromatic N) is 4. The lowest BCUT2D eigenvalue weighted by molar-refractivity contribution is 0.0890. The van der Waals surface area contributed by atoms with Gasteiger partial charge in [0.1, 0.15) is 29.6 Å². The molecular weight excluding hydrogens is 513 g/mol. The number of rotatable bonds is 11. The van der Waals surface area contributed by atoms with E-state index in [0.717, 1.165) is 36.1 Å². The highest BCUT2D eigenvalue weighted by atomic mass is 19.1. The number of hydrogen-bond acceptors (Lipinski definition) is 7. The first-order valence-corrected chi connectivity index (χ1v) is 13.0. The Labute approximate surface area is 231 Å². The summed E-state index contributed by atoms with van der Waals surface area (Å²) in [5.41, 5.74) is 2.91. The monoisotopic (exact) mass is 543 g/mol. The van der Waals surface area contributed by atoms with E-state index in [1.807, 2.05) is 24.3 Å². The number of amides is 1. The highest BCUT2D eigenvalue weighted by Crippen LogP contribution is 2.27. The lowest BCUT2D eigenvalue weighted by Crippen LogP contribution is -2.32. The Bertz CT molecular complexity index is 1490. The number of aromatic nitrogens is 4. The van der Waals surface area contributed by atoms with Crippen LogP contribution in [0.15, 0.2) is 73.1 Å². The lowest BCUT2D eigenvalue weighted by atomic mass is 10.1. The molecule has 1 amide bonds. The van der Waals surface area contributed by atoms with Crippen LogP contribution in [0.4, 0.5) is 4.39 Å². The predicted octanol–water partition coefficient (Wildman–Crippen LogP) is 5.07. The van der Waals surface area contributed by atoms with E-state index < -0.39 is 17.8 Å². The largest absolute Gasteiger partial charge is 0.497 e. The van der Waals surface area contributed by atoms with E-state index in [-0.39, 0.29) is 24.8 Å². The number of hydrogen-bond donors (Lipinski definition) is 1. The lowest BCUT2D eigenvalue weighted by Gasteiger charge is -2.19. The quantitative estimate of drug-likeness (QED) is 0.282. The van der Waals surface area contributed by atoms with Crippen LogP contribution in [0.3, 0.4) is 0 Å². The summed E-state index contributed by atoms with van der Waals surface area (Å²) in [7, 11) is 3.14. The van der Waals surface area contributed by atoms with Crippen LogP contribution < -0.4 is 14.8 Å². The van der Waals surface area contributed by atoms with Crippen LogP contribution in [-0.4, -0.2) is 46.5 Å². The highest BCUT2D eigenvalue weighted by Gasteiger charge is 2.22. The van der Waals surface area contributed by atoms with Gasteiger partial charge in [-0.05, 0) is 66.3 Å². The van der Waals surface area contributed by atoms with Crippen LogP contribution in [0.25, 0.3) is 11.3 Å². The predicted molar refractivity (Wildman–Crippen MR) is 147 cm³/mol. The molecule has 40 heavy (non-hydrogen) atoms. The van der Waals surface area contributed by atoms with E-state index in [1.54, 1.807) is 37.7 Å². The second-order valence-corrected chi connectivity index (χ2v) is 9.32. The van der Waals surface area contributed by atoms with Gasteiger partial charge in [-0.15, -0.1) is 0 Å². The first-order chi connectivity index (χ1) is 19.5. The van der Waals surface area contributed by atoms with E-state index in [1.165, 1.54) is 23.9 Å². The fraction of sp³-hybridized carbons (Fsp3) is 0.267. The summed E-state index contributed by atoms with van der Waals surface area (Å²) in [6.07, 6.45) is 8.10. The molecule has 5 rings (SSSR count). The van der Waals surface area contributed by atoms with Crippen LogP contribution in [0.2, 0.25) is 0 Å². The maximum Gasteiger partial charge on any atom is 0.270 e. The average Bonchev–Trinajstić information content (AvgIpc) is 3.71. The molecular formula is C30H30FN5O4. The average molecular weight is 544 g/mol. The van der Waals surface area contributed by atoms with E-state index in [9.17, 15) is 9.18 Å². The molecule has 0 saturated heterocycles. The summed E-state index contributed by atoms with van der Waals surface area (Å²) < 4.78 is 32.9. The number of benzene rings is 2. The summed E-state index contributed by atoms with van der Waals surface area (Å²) in [6, 6.07) is 14.9. The number of carbonyl (C=O) groups excluding carboxylic acids is 1. The molecule has 1 aliphatic rings. The second-order valence-electron chi connectivity index (χ2n) is 9.32. The van der Waals surface area contributed by atoms with Gasteiger partial charge in [0.25, 0.3) is 5.91 Å². The molecule has 0 spiro atoms. The Morgan fingerprint density at radius 1 is 1.12 bits per heavy atom. The van der Waals surface area contributed by atoms with Gasteiger partial charge in [-0.3, -0.25) is 4.79 Å². The minimum Gasteiger partial charge on any atom is -0.497 e. The second kappa shape index (κ2) is 12.5. The van der Waals surface area contributed by atoms with Crippen molar-refractivity contribution in [2.45, 2.75) is 31.9 Å². The number of ether oxygens (including phenoxy) is 3. The number of nitrogens with one attached hydrogen (secondary N) is 1. The first-order valence-electron chi connectivity index (χ1n) is 13.0. The fourth-order valence-corrected chi connectivity index (χ4v) is 4.47. The van der Waals surface area contributed by atoms with Crippen molar-refractivity contribution in [1.82, 2.24) is 25.1 Å². The Morgan fingerprint density at radius 2 is 1.98 bits per heavy atom. The van der Waals surface area contributed by atoms with Crippen LogP contribution in [-0.2, 0) is 11.3 Å². The van der Waals surface area contributed by atoms with Gasteiger partial charge in [0.2, 0.25) is 5.88 Å². The fourth-order valence-electron chi connectivity index (χ4n) is 4.47. The van der Waals surface area contributed by atoms with Crippen molar-refractivity contribution in [1.29, 1.82) is 0 Å². The molecule has 2 heterocycles. The van der Waals surface area contributed by atoms with Gasteiger partial charge in [-0.25, -0.2) is 14.1 Å². The first kappa shape index (κ1) is 27.0. The van der Waals surface area contributed by atoms with Crippen molar-refractivity contribution < 1.29 is 23.4 Å². The summed E-state index contributed by atoms with van der Waals surface area (Å²) >= 11 is 0. The Morgan fingerprint density at radius 3 is 2.65 bits per heavy atom. The standard InChI is InChI=1S/C30H30FN5O4/c1-38-19-26(22-10-13-27(24(31)16-22)36-15-5-14-32-36)34-30(37)25-17-28(35-29(33-25)21-6-3-4-7-21)40-18-20-8-11-23(39-2)12-9-20/h5-6,8-17,26H,3-4,7,18-19H2,1-2H3,(H,34,37). The topological polar surface area (TPSA) is 100 Å². The molecule has 1 atom stereocenters. The number of allylic oxidation sites excluding steroid dienone is 2. The summed E-state index contributed by atoms with van der Waals surface area (Å²) in [5, 5.41) is 7.01. The van der Waals surface area contributed by atoms with Crippen LogP contribution >= 0.6 is 0 Å². The van der Waals surface area contributed by atoms with Gasteiger partial charge in [-0.2, -0.15) is 10.1 Å². The van der Waals surface area contributed by atoms with Crippen molar-refractivity contribution >= 4 is 11.5 Å². The van der Waals surface area contributed by atoms with Crippen LogP contribution in [0.1, 0.15) is 52.7 Å². The molecule has 0 saturated carbocycles. The van der Waals surface area contributed by atoms with Gasteiger partial charge in [0.15, 0.2) is 5.82 Å². The molecule has 2 aromatic heterocycles. The van der Waals surface area contributed by atoms with E-state index in [2.05, 4.69) is 26.5 Å². The minimum atomic E-state index is -0.619. The van der Waals surface area contributed by atoms with Gasteiger partial charge >= 0.3 is 0 Å². The van der Waals surface area contributed by atoms with Crippen molar-refractivity contribution in [3.05, 3.63) is 102 Å². The van der Waals surface area contributed by atoms with E-state index in [4.69, 9.17) is 14.2 Å². The smallest absolute Gasteiger partial charge is 0.270 e. The third-order valence-electron chi connectivity index (χ3n) is 6.57. The van der Waals surface area contributed by atoms with Gasteiger partial charge in [0, 0.05) is 25.6 Å². The molecule has 0 radical (unpaired) electrons. The SMILES string of the molecule is COCC(NC(=O)c1cc(OCc2ccc(OC)cc2)nc(C2=CCCC2)n1)c1ccc(-n2cccn2)c(F)c1. The summed E-state index contributed by atoms with van der Waals surface area (Å²) in [4.78, 5) is 22.6. The molecule has 10 heteroatoms. The highest BCUT2D eigenvalue weighted by molar-refractivity contribution is 5.93. The zero-order valence-corrected chi connectivity index (χ0v) is 22.3. The van der Waals surface area contributed by atoms with Crippen LogP contribution in [0.5, 0.6) is 11.6 Å². The molecule has 1 aliphatic carbocycles. The summed E-state index contributed by atoms with van der Waals surface area (Å²) in [6.45, 7) is 0.394. The minimum absolute atomic E-state index is 0.135. The van der Waals surface area contributed by atoms with Gasteiger partial charge in [-0.1, -0.05) is 24.3 Å². The molecule has 0 bridgehead atoms.